The summed E-state index contributed by atoms with van der Waals surface area (Å²) < 4.78 is 3.77. The predicted octanol–water partition coefficient (Wildman–Crippen LogP) is 6.24. The van der Waals surface area contributed by atoms with E-state index >= 15 is 0 Å². The molecule has 0 atom stereocenters. The van der Waals surface area contributed by atoms with Crippen LogP contribution in [0, 0.1) is 0 Å². The highest BCUT2D eigenvalue weighted by atomic mass is 35.6. The van der Waals surface area contributed by atoms with Crippen LogP contribution < -0.4 is 4.74 Å². The van der Waals surface area contributed by atoms with Crippen molar-refractivity contribution in [1.82, 2.24) is 4.98 Å². The molecule has 2 aromatic carbocycles. The number of halogens is 3. The first-order valence-corrected chi connectivity index (χ1v) is 9.22. The SMILES string of the molecule is COc1ccc(Cc2nc(-c3ccc(C(Cl)(Cl)Cl)cc3)cs2)cc1. The summed E-state index contributed by atoms with van der Waals surface area (Å²) >= 11 is 19.3. The van der Waals surface area contributed by atoms with Crippen LogP contribution in [-0.4, -0.2) is 12.1 Å². The third-order valence-electron chi connectivity index (χ3n) is 3.57. The third kappa shape index (κ3) is 4.22. The Morgan fingerprint density at radius 3 is 2.25 bits per heavy atom. The summed E-state index contributed by atoms with van der Waals surface area (Å²) in [7, 11) is 1.66. The summed E-state index contributed by atoms with van der Waals surface area (Å²) in [6.07, 6.45) is 0.793. The van der Waals surface area contributed by atoms with Crippen molar-refractivity contribution in [2.45, 2.75) is 10.2 Å². The summed E-state index contributed by atoms with van der Waals surface area (Å²) in [5.41, 5.74) is 3.78. The molecule has 0 aliphatic heterocycles. The summed E-state index contributed by atoms with van der Waals surface area (Å²) in [5, 5.41) is 3.10. The minimum Gasteiger partial charge on any atom is -0.497 e. The van der Waals surface area contributed by atoms with E-state index < -0.39 is 3.79 Å². The molecule has 0 fully saturated rings. The molecule has 1 heterocycles. The first-order chi connectivity index (χ1) is 11.5. The van der Waals surface area contributed by atoms with Gasteiger partial charge < -0.3 is 4.74 Å². The molecule has 0 aliphatic carbocycles. The lowest BCUT2D eigenvalue weighted by Gasteiger charge is -2.11. The molecule has 0 N–H and O–H groups in total. The fraction of sp³-hybridized carbons (Fsp3) is 0.167. The molecule has 1 aromatic heterocycles. The van der Waals surface area contributed by atoms with Crippen molar-refractivity contribution < 1.29 is 4.74 Å². The van der Waals surface area contributed by atoms with Crippen LogP contribution in [0.5, 0.6) is 5.75 Å². The maximum atomic E-state index is 5.88. The fourth-order valence-corrected chi connectivity index (χ4v) is 3.49. The zero-order valence-corrected chi connectivity index (χ0v) is 15.9. The number of benzene rings is 2. The average molecular weight is 399 g/mol. The highest BCUT2D eigenvalue weighted by Gasteiger charge is 2.22. The van der Waals surface area contributed by atoms with Crippen LogP contribution in [0.4, 0.5) is 0 Å². The number of ether oxygens (including phenoxy) is 1. The minimum absolute atomic E-state index is 0.643. The van der Waals surface area contributed by atoms with Crippen LogP contribution in [0.25, 0.3) is 11.3 Å². The molecule has 0 amide bonds. The highest BCUT2D eigenvalue weighted by molar-refractivity contribution is 7.10. The van der Waals surface area contributed by atoms with Crippen LogP contribution in [0.3, 0.4) is 0 Å². The molecule has 0 saturated heterocycles. The van der Waals surface area contributed by atoms with E-state index in [1.165, 1.54) is 5.56 Å². The lowest BCUT2D eigenvalue weighted by molar-refractivity contribution is 0.414. The van der Waals surface area contributed by atoms with Gasteiger partial charge in [0.05, 0.1) is 17.8 Å². The Labute approximate surface area is 160 Å². The van der Waals surface area contributed by atoms with Gasteiger partial charge in [0.2, 0.25) is 3.79 Å². The maximum absolute atomic E-state index is 5.88. The van der Waals surface area contributed by atoms with Crippen molar-refractivity contribution in [3.05, 3.63) is 70.0 Å². The van der Waals surface area contributed by atoms with Gasteiger partial charge in [0.15, 0.2) is 0 Å². The van der Waals surface area contributed by atoms with Gasteiger partial charge in [-0.2, -0.15) is 0 Å². The van der Waals surface area contributed by atoms with Crippen molar-refractivity contribution in [1.29, 1.82) is 0 Å². The first-order valence-electron chi connectivity index (χ1n) is 7.20. The van der Waals surface area contributed by atoms with Crippen LogP contribution in [0.1, 0.15) is 16.1 Å². The third-order valence-corrected chi connectivity index (χ3v) is 5.08. The summed E-state index contributed by atoms with van der Waals surface area (Å²) in [6, 6.07) is 15.5. The van der Waals surface area contributed by atoms with Gasteiger partial charge in [0.25, 0.3) is 0 Å². The molecule has 24 heavy (non-hydrogen) atoms. The second kappa shape index (κ2) is 7.32. The van der Waals surface area contributed by atoms with Gasteiger partial charge in [0, 0.05) is 22.9 Å². The largest absolute Gasteiger partial charge is 0.497 e. The van der Waals surface area contributed by atoms with E-state index in [9.17, 15) is 0 Å². The first kappa shape index (κ1) is 17.6. The van der Waals surface area contributed by atoms with Gasteiger partial charge >= 0.3 is 0 Å². The monoisotopic (exact) mass is 397 g/mol. The predicted molar refractivity (Wildman–Crippen MR) is 103 cm³/mol. The fourth-order valence-electron chi connectivity index (χ4n) is 2.27. The Morgan fingerprint density at radius 2 is 1.67 bits per heavy atom. The second-order valence-electron chi connectivity index (χ2n) is 5.23. The molecular formula is C18H14Cl3NOS. The maximum Gasteiger partial charge on any atom is 0.216 e. The molecule has 3 aromatic rings. The molecule has 0 bridgehead atoms. The summed E-state index contributed by atoms with van der Waals surface area (Å²) in [6.45, 7) is 0. The molecule has 0 spiro atoms. The average Bonchev–Trinajstić information content (AvgIpc) is 3.03. The molecule has 0 saturated carbocycles. The van der Waals surface area contributed by atoms with Gasteiger partial charge in [-0.3, -0.25) is 0 Å². The topological polar surface area (TPSA) is 22.1 Å². The Hall–Kier alpha value is -1.26. The van der Waals surface area contributed by atoms with Gasteiger partial charge in [0.1, 0.15) is 5.75 Å². The zero-order chi connectivity index (χ0) is 17.2. The van der Waals surface area contributed by atoms with Gasteiger partial charge in [-0.15, -0.1) is 11.3 Å². The molecular weight excluding hydrogens is 385 g/mol. The smallest absolute Gasteiger partial charge is 0.216 e. The van der Waals surface area contributed by atoms with E-state index in [1.807, 2.05) is 41.8 Å². The van der Waals surface area contributed by atoms with Gasteiger partial charge in [-0.1, -0.05) is 71.2 Å². The van der Waals surface area contributed by atoms with Crippen LogP contribution in [-0.2, 0) is 10.2 Å². The van der Waals surface area contributed by atoms with Gasteiger partial charge in [-0.25, -0.2) is 4.98 Å². The van der Waals surface area contributed by atoms with E-state index in [0.717, 1.165) is 28.4 Å². The Morgan fingerprint density at radius 1 is 1.00 bits per heavy atom. The van der Waals surface area contributed by atoms with E-state index in [4.69, 9.17) is 44.5 Å². The number of nitrogens with zero attached hydrogens (tertiary/aromatic N) is 1. The van der Waals surface area contributed by atoms with Crippen LogP contribution >= 0.6 is 46.1 Å². The van der Waals surface area contributed by atoms with Crippen LogP contribution in [0.2, 0.25) is 0 Å². The van der Waals surface area contributed by atoms with Crippen LogP contribution in [0.15, 0.2) is 53.9 Å². The standard InChI is InChI=1S/C18H14Cl3NOS/c1-23-15-8-2-12(3-9-15)10-17-22-16(11-24-17)13-4-6-14(7-5-13)18(19,20)21/h2-9,11H,10H2,1H3. The Balaban J connectivity index is 1.75. The minimum atomic E-state index is -1.40. The number of hydrogen-bond acceptors (Lipinski definition) is 3. The number of rotatable bonds is 4. The molecule has 6 heteroatoms. The van der Waals surface area contributed by atoms with E-state index in [2.05, 4.69) is 12.1 Å². The zero-order valence-electron chi connectivity index (χ0n) is 12.8. The molecule has 124 valence electrons. The number of aromatic nitrogens is 1. The molecule has 0 aliphatic rings. The highest BCUT2D eigenvalue weighted by Crippen LogP contribution is 2.38. The number of thiazole rings is 1. The molecule has 3 rings (SSSR count). The quantitative estimate of drug-likeness (QED) is 0.485. The van der Waals surface area contributed by atoms with E-state index in [0.29, 0.717) is 5.56 Å². The summed E-state index contributed by atoms with van der Waals surface area (Å²) in [5.74, 6) is 0.854. The van der Waals surface area contributed by atoms with Gasteiger partial charge in [-0.05, 0) is 17.7 Å². The van der Waals surface area contributed by atoms with Crippen molar-refractivity contribution >= 4 is 46.1 Å². The van der Waals surface area contributed by atoms with Crippen molar-refractivity contribution in [3.8, 4) is 17.0 Å². The van der Waals surface area contributed by atoms with Crippen molar-refractivity contribution in [3.63, 3.8) is 0 Å². The van der Waals surface area contributed by atoms with Crippen molar-refractivity contribution in [2.24, 2.45) is 0 Å². The van der Waals surface area contributed by atoms with Crippen molar-refractivity contribution in [2.75, 3.05) is 7.11 Å². The Bertz CT molecular complexity index is 808. The Kier molecular flexibility index (Phi) is 5.36. The molecule has 0 unspecified atom stereocenters. The second-order valence-corrected chi connectivity index (χ2v) is 8.45. The lowest BCUT2D eigenvalue weighted by Crippen LogP contribution is -1.99. The number of alkyl halides is 3. The lowest BCUT2D eigenvalue weighted by atomic mass is 10.1. The molecule has 0 radical (unpaired) electrons. The number of methoxy groups -OCH3 is 1. The normalized spacial score (nSPS) is 11.5. The van der Waals surface area contributed by atoms with E-state index in [1.54, 1.807) is 18.4 Å². The molecule has 2 nitrogen and oxygen atoms in total. The number of hydrogen-bond donors (Lipinski definition) is 0. The summed E-state index contributed by atoms with van der Waals surface area (Å²) in [4.78, 5) is 4.70. The van der Waals surface area contributed by atoms with E-state index in [-0.39, 0.29) is 0 Å².